The van der Waals surface area contributed by atoms with Crippen LogP contribution >= 0.6 is 0 Å². The minimum atomic E-state index is -0.645. The molecule has 0 unspecified atom stereocenters. The number of hydrogen-bond donors (Lipinski definition) is 2. The van der Waals surface area contributed by atoms with E-state index < -0.39 is 6.10 Å². The maximum absolute atomic E-state index is 12.8. The van der Waals surface area contributed by atoms with Crippen LogP contribution in [0.2, 0.25) is 0 Å². The van der Waals surface area contributed by atoms with Crippen molar-refractivity contribution in [2.24, 2.45) is 0 Å². The predicted octanol–water partition coefficient (Wildman–Crippen LogP) is 1.86. The van der Waals surface area contributed by atoms with Gasteiger partial charge in [0.15, 0.2) is 0 Å². The van der Waals surface area contributed by atoms with E-state index in [1.54, 1.807) is 12.1 Å². The average Bonchev–Trinajstić information content (AvgIpc) is 2.14. The van der Waals surface area contributed by atoms with E-state index in [9.17, 15) is 9.50 Å². The average molecular weight is 197 g/mol. The van der Waals surface area contributed by atoms with E-state index in [-0.39, 0.29) is 5.82 Å². The number of nitrogens with one attached hydrogen (secondary N) is 1. The summed E-state index contributed by atoms with van der Waals surface area (Å²) in [6.07, 6.45) is -0.645. The highest BCUT2D eigenvalue weighted by Crippen LogP contribution is 2.12. The van der Waals surface area contributed by atoms with Gasteiger partial charge in [-0.15, -0.1) is 0 Å². The molecule has 14 heavy (non-hydrogen) atoms. The van der Waals surface area contributed by atoms with Crippen molar-refractivity contribution < 1.29 is 9.50 Å². The largest absolute Gasteiger partial charge is 0.387 e. The summed E-state index contributed by atoms with van der Waals surface area (Å²) in [6, 6.07) is 6.36. The van der Waals surface area contributed by atoms with Crippen LogP contribution in [0.5, 0.6) is 0 Å². The number of aliphatic hydroxyl groups is 1. The quantitative estimate of drug-likeness (QED) is 0.772. The summed E-state index contributed by atoms with van der Waals surface area (Å²) in [7, 11) is 0. The maximum atomic E-state index is 12.8. The third-order valence-corrected chi connectivity index (χ3v) is 1.95. The molecule has 3 heteroatoms. The van der Waals surface area contributed by atoms with Gasteiger partial charge in [-0.05, 0) is 17.7 Å². The molecule has 0 aliphatic carbocycles. The number of benzene rings is 1. The molecule has 1 aromatic carbocycles. The van der Waals surface area contributed by atoms with Crippen molar-refractivity contribution >= 4 is 0 Å². The number of rotatable bonds is 4. The summed E-state index contributed by atoms with van der Waals surface area (Å²) in [5.74, 6) is -0.314. The first kappa shape index (κ1) is 11.1. The third kappa shape index (κ3) is 3.44. The Morgan fingerprint density at radius 1 is 1.43 bits per heavy atom. The Kier molecular flexibility index (Phi) is 4.04. The zero-order valence-electron chi connectivity index (χ0n) is 8.50. The summed E-state index contributed by atoms with van der Waals surface area (Å²) in [6.45, 7) is 4.44. The van der Waals surface area contributed by atoms with Crippen LogP contribution in [0.15, 0.2) is 24.3 Å². The highest BCUT2D eigenvalue weighted by Gasteiger charge is 2.07. The first-order valence-corrected chi connectivity index (χ1v) is 4.76. The highest BCUT2D eigenvalue weighted by molar-refractivity contribution is 5.18. The molecule has 1 atom stereocenters. The fourth-order valence-corrected chi connectivity index (χ4v) is 1.18. The highest BCUT2D eigenvalue weighted by atomic mass is 19.1. The lowest BCUT2D eigenvalue weighted by molar-refractivity contribution is 0.171. The van der Waals surface area contributed by atoms with Gasteiger partial charge in [0.1, 0.15) is 5.82 Å². The Bertz CT molecular complexity index is 288. The Balaban J connectivity index is 2.56. The lowest BCUT2D eigenvalue weighted by atomic mass is 10.1. The molecule has 0 spiro atoms. The second-order valence-corrected chi connectivity index (χ2v) is 3.63. The molecule has 0 saturated heterocycles. The minimum absolute atomic E-state index is 0.314. The zero-order valence-corrected chi connectivity index (χ0v) is 8.50. The van der Waals surface area contributed by atoms with E-state index in [2.05, 4.69) is 5.32 Å². The molecule has 0 bridgehead atoms. The summed E-state index contributed by atoms with van der Waals surface area (Å²) in [5.41, 5.74) is 0.609. The van der Waals surface area contributed by atoms with Gasteiger partial charge in [0.2, 0.25) is 0 Å². The maximum Gasteiger partial charge on any atom is 0.123 e. The van der Waals surface area contributed by atoms with Crippen LogP contribution in [-0.2, 0) is 0 Å². The van der Waals surface area contributed by atoms with Crippen LogP contribution in [0.1, 0.15) is 25.5 Å². The van der Waals surface area contributed by atoms with Crippen molar-refractivity contribution in [1.82, 2.24) is 5.32 Å². The number of hydrogen-bond acceptors (Lipinski definition) is 2. The van der Waals surface area contributed by atoms with Crippen LogP contribution in [0.4, 0.5) is 4.39 Å². The molecule has 0 fully saturated rings. The lowest BCUT2D eigenvalue weighted by Gasteiger charge is -2.14. The summed E-state index contributed by atoms with van der Waals surface area (Å²) in [5, 5.41) is 12.8. The van der Waals surface area contributed by atoms with Crippen molar-refractivity contribution in [2.75, 3.05) is 6.54 Å². The molecule has 0 saturated carbocycles. The van der Waals surface area contributed by atoms with Crippen molar-refractivity contribution in [3.05, 3.63) is 35.6 Å². The second-order valence-electron chi connectivity index (χ2n) is 3.63. The van der Waals surface area contributed by atoms with E-state index in [1.807, 2.05) is 13.8 Å². The molecule has 2 N–H and O–H groups in total. The molecule has 78 valence electrons. The van der Waals surface area contributed by atoms with Crippen LogP contribution in [0, 0.1) is 5.82 Å². The van der Waals surface area contributed by atoms with Crippen molar-refractivity contribution in [3.63, 3.8) is 0 Å². The molecule has 0 radical (unpaired) electrons. The van der Waals surface area contributed by atoms with Crippen molar-refractivity contribution in [2.45, 2.75) is 26.0 Å². The van der Waals surface area contributed by atoms with Gasteiger partial charge >= 0.3 is 0 Å². The minimum Gasteiger partial charge on any atom is -0.387 e. The van der Waals surface area contributed by atoms with Gasteiger partial charge < -0.3 is 10.4 Å². The third-order valence-electron chi connectivity index (χ3n) is 1.95. The standard InChI is InChI=1S/C11H16FNO/c1-8(2)13-7-11(14)9-4-3-5-10(12)6-9/h3-6,8,11,13-14H,7H2,1-2H3/t11-/m0/s1. The zero-order chi connectivity index (χ0) is 10.6. The van der Waals surface area contributed by atoms with Crippen LogP contribution < -0.4 is 5.32 Å². The van der Waals surface area contributed by atoms with Crippen LogP contribution in [-0.4, -0.2) is 17.7 Å². The first-order chi connectivity index (χ1) is 6.59. The van der Waals surface area contributed by atoms with Gasteiger partial charge in [0.05, 0.1) is 6.10 Å². The number of halogens is 1. The van der Waals surface area contributed by atoms with E-state index in [4.69, 9.17) is 0 Å². The Hall–Kier alpha value is -0.930. The SMILES string of the molecule is CC(C)NC[C@H](O)c1cccc(F)c1. The fourth-order valence-electron chi connectivity index (χ4n) is 1.18. The van der Waals surface area contributed by atoms with Gasteiger partial charge in [0, 0.05) is 12.6 Å². The lowest BCUT2D eigenvalue weighted by Crippen LogP contribution is -2.27. The second kappa shape index (κ2) is 5.08. The topological polar surface area (TPSA) is 32.3 Å². The summed E-state index contributed by atoms with van der Waals surface area (Å²) >= 11 is 0. The normalized spacial score (nSPS) is 13.2. The van der Waals surface area contributed by atoms with Gasteiger partial charge in [-0.1, -0.05) is 26.0 Å². The van der Waals surface area contributed by atoms with E-state index in [0.29, 0.717) is 18.2 Å². The van der Waals surface area contributed by atoms with Crippen molar-refractivity contribution in [1.29, 1.82) is 0 Å². The smallest absolute Gasteiger partial charge is 0.123 e. The molecular formula is C11H16FNO. The molecule has 0 aliphatic rings. The molecule has 1 rings (SSSR count). The molecule has 0 heterocycles. The van der Waals surface area contributed by atoms with E-state index in [1.165, 1.54) is 12.1 Å². The summed E-state index contributed by atoms with van der Waals surface area (Å²) < 4.78 is 12.8. The van der Waals surface area contributed by atoms with E-state index >= 15 is 0 Å². The van der Waals surface area contributed by atoms with Crippen LogP contribution in [0.3, 0.4) is 0 Å². The molecule has 0 amide bonds. The molecular weight excluding hydrogens is 181 g/mol. The Morgan fingerprint density at radius 3 is 2.71 bits per heavy atom. The predicted molar refractivity (Wildman–Crippen MR) is 54.5 cm³/mol. The van der Waals surface area contributed by atoms with Gasteiger partial charge in [-0.2, -0.15) is 0 Å². The Morgan fingerprint density at radius 2 is 2.14 bits per heavy atom. The van der Waals surface area contributed by atoms with E-state index in [0.717, 1.165) is 0 Å². The van der Waals surface area contributed by atoms with Crippen LogP contribution in [0.25, 0.3) is 0 Å². The fraction of sp³-hybridized carbons (Fsp3) is 0.455. The Labute approximate surface area is 83.8 Å². The first-order valence-electron chi connectivity index (χ1n) is 4.76. The monoisotopic (exact) mass is 197 g/mol. The molecule has 2 nitrogen and oxygen atoms in total. The van der Waals surface area contributed by atoms with Gasteiger partial charge in [-0.3, -0.25) is 0 Å². The molecule has 0 aliphatic heterocycles. The van der Waals surface area contributed by atoms with Crippen molar-refractivity contribution in [3.8, 4) is 0 Å². The summed E-state index contributed by atoms with van der Waals surface area (Å²) in [4.78, 5) is 0. The van der Waals surface area contributed by atoms with Gasteiger partial charge in [0.25, 0.3) is 0 Å². The molecule has 1 aromatic rings. The number of aliphatic hydroxyl groups excluding tert-OH is 1. The molecule has 0 aromatic heterocycles. The van der Waals surface area contributed by atoms with Gasteiger partial charge in [-0.25, -0.2) is 4.39 Å².